The third-order valence-corrected chi connectivity index (χ3v) is 7.03. The van der Waals surface area contributed by atoms with Gasteiger partial charge in [-0.1, -0.05) is 55.0 Å². The Morgan fingerprint density at radius 2 is 1.55 bits per heavy atom. The normalized spacial score (nSPS) is 17.6. The van der Waals surface area contributed by atoms with E-state index in [1.807, 2.05) is 24.3 Å². The van der Waals surface area contributed by atoms with Crippen molar-refractivity contribution in [2.45, 2.75) is 51.1 Å². The molecule has 0 aromatic heterocycles. The zero-order valence-corrected chi connectivity index (χ0v) is 18.9. The lowest BCUT2D eigenvalue weighted by molar-refractivity contribution is -0.142. The van der Waals surface area contributed by atoms with E-state index in [9.17, 15) is 19.5 Å². The summed E-state index contributed by atoms with van der Waals surface area (Å²) in [5, 5.41) is 14.7. The smallest absolute Gasteiger partial charge is 0.407 e. The lowest BCUT2D eigenvalue weighted by atomic mass is 9.79. The summed E-state index contributed by atoms with van der Waals surface area (Å²) < 4.78 is 5.61. The van der Waals surface area contributed by atoms with Gasteiger partial charge in [-0.15, -0.1) is 0 Å². The van der Waals surface area contributed by atoms with Crippen LogP contribution in [0.2, 0.25) is 0 Å². The second-order valence-electron chi connectivity index (χ2n) is 9.06. The van der Waals surface area contributed by atoms with E-state index in [0.29, 0.717) is 0 Å². The van der Waals surface area contributed by atoms with Gasteiger partial charge in [0.25, 0.3) is 0 Å². The van der Waals surface area contributed by atoms with Gasteiger partial charge in [0.05, 0.1) is 5.92 Å². The number of carbonyl (C=O) groups excluding carboxylic acids is 2. The molecule has 0 radical (unpaired) electrons. The van der Waals surface area contributed by atoms with Crippen LogP contribution in [-0.2, 0) is 14.3 Å². The maximum absolute atomic E-state index is 12.9. The average molecular weight is 451 g/mol. The molecular formula is C26H30N2O5. The average Bonchev–Trinajstić information content (AvgIpc) is 3.09. The fourth-order valence-electron chi connectivity index (χ4n) is 4.59. The molecule has 33 heavy (non-hydrogen) atoms. The zero-order valence-electron chi connectivity index (χ0n) is 18.9. The number of hydrogen-bond acceptors (Lipinski definition) is 4. The number of carboxylic acids is 1. The molecule has 3 unspecified atom stereocenters. The first-order chi connectivity index (χ1) is 15.9. The van der Waals surface area contributed by atoms with Crippen molar-refractivity contribution < 1.29 is 24.2 Å². The Hall–Kier alpha value is -3.35. The minimum Gasteiger partial charge on any atom is -0.481 e. The fourth-order valence-corrected chi connectivity index (χ4v) is 4.59. The molecule has 4 rings (SSSR count). The van der Waals surface area contributed by atoms with Crippen LogP contribution in [0.25, 0.3) is 11.1 Å². The molecule has 1 fully saturated rings. The second kappa shape index (κ2) is 9.65. The molecule has 0 bridgehead atoms. The number of amides is 2. The third kappa shape index (κ3) is 4.72. The highest BCUT2D eigenvalue weighted by Gasteiger charge is 2.36. The number of carbonyl (C=O) groups is 3. The summed E-state index contributed by atoms with van der Waals surface area (Å²) in [6, 6.07) is 14.9. The summed E-state index contributed by atoms with van der Waals surface area (Å²) in [5.74, 6) is -2.11. The first-order valence-corrected chi connectivity index (χ1v) is 11.5. The van der Waals surface area contributed by atoms with Crippen LogP contribution in [0.15, 0.2) is 48.5 Å². The Kier molecular flexibility index (Phi) is 6.67. The van der Waals surface area contributed by atoms with Crippen LogP contribution in [0.3, 0.4) is 0 Å². The molecule has 2 amide bonds. The minimum atomic E-state index is -0.979. The lowest BCUT2D eigenvalue weighted by Crippen LogP contribution is -2.55. The van der Waals surface area contributed by atoms with Gasteiger partial charge in [0.1, 0.15) is 12.6 Å². The summed E-state index contributed by atoms with van der Waals surface area (Å²) in [5.41, 5.74) is 4.54. The van der Waals surface area contributed by atoms with Crippen LogP contribution in [-0.4, -0.2) is 41.8 Å². The summed E-state index contributed by atoms with van der Waals surface area (Å²) in [6.45, 7) is 3.37. The van der Waals surface area contributed by atoms with E-state index >= 15 is 0 Å². The molecular weight excluding hydrogens is 420 g/mol. The van der Waals surface area contributed by atoms with Crippen molar-refractivity contribution in [3.8, 4) is 11.1 Å². The molecule has 3 atom stereocenters. The second-order valence-corrected chi connectivity index (χ2v) is 9.06. The van der Waals surface area contributed by atoms with Crippen molar-refractivity contribution in [3.63, 3.8) is 0 Å². The minimum absolute atomic E-state index is 0.0258. The molecule has 0 heterocycles. The molecule has 2 aliphatic rings. The van der Waals surface area contributed by atoms with E-state index in [4.69, 9.17) is 4.74 Å². The molecule has 0 aliphatic heterocycles. The summed E-state index contributed by atoms with van der Waals surface area (Å²) in [6.07, 6.45) is 2.04. The standard InChI is InChI=1S/C26H30N2O5/c1-15(25(30)31)16(2)27-24(29)23(17-8-7-9-17)28-26(32)33-14-22-20-12-5-3-10-18(20)19-11-4-6-13-21(19)22/h3-6,10-13,15-17,22-23H,7-9,14H2,1-2H3,(H,27,29)(H,28,32)(H,30,31). The SMILES string of the molecule is CC(NC(=O)C(NC(=O)OCC1c2ccccc2-c2ccccc21)C1CCC1)C(C)C(=O)O. The number of ether oxygens (including phenoxy) is 1. The maximum Gasteiger partial charge on any atom is 0.407 e. The van der Waals surface area contributed by atoms with E-state index in [2.05, 4.69) is 34.9 Å². The zero-order chi connectivity index (χ0) is 23.5. The van der Waals surface area contributed by atoms with E-state index in [1.165, 1.54) is 0 Å². The van der Waals surface area contributed by atoms with Crippen LogP contribution in [0.1, 0.15) is 50.2 Å². The van der Waals surface area contributed by atoms with Crippen LogP contribution in [0.4, 0.5) is 4.79 Å². The van der Waals surface area contributed by atoms with Gasteiger partial charge in [-0.2, -0.15) is 0 Å². The summed E-state index contributed by atoms with van der Waals surface area (Å²) >= 11 is 0. The Morgan fingerprint density at radius 1 is 0.970 bits per heavy atom. The predicted octanol–water partition coefficient (Wildman–Crippen LogP) is 3.92. The van der Waals surface area contributed by atoms with Gasteiger partial charge in [-0.25, -0.2) is 4.79 Å². The van der Waals surface area contributed by atoms with Gasteiger partial charge in [0.2, 0.25) is 5.91 Å². The van der Waals surface area contributed by atoms with Gasteiger partial charge < -0.3 is 20.5 Å². The number of carboxylic acid groups (broad SMARTS) is 1. The number of rotatable bonds is 8. The number of aliphatic carboxylic acids is 1. The van der Waals surface area contributed by atoms with Crippen molar-refractivity contribution >= 4 is 18.0 Å². The summed E-state index contributed by atoms with van der Waals surface area (Å²) in [7, 11) is 0. The molecule has 2 aromatic rings. The topological polar surface area (TPSA) is 105 Å². The van der Waals surface area contributed by atoms with E-state index < -0.39 is 30.1 Å². The number of alkyl carbamates (subject to hydrolysis) is 1. The molecule has 0 spiro atoms. The Bertz CT molecular complexity index is 1000. The first kappa shape index (κ1) is 22.8. The summed E-state index contributed by atoms with van der Waals surface area (Å²) in [4.78, 5) is 36.8. The van der Waals surface area contributed by atoms with Crippen molar-refractivity contribution in [1.82, 2.24) is 10.6 Å². The van der Waals surface area contributed by atoms with E-state index in [-0.39, 0.29) is 24.3 Å². The molecule has 2 aromatic carbocycles. The largest absolute Gasteiger partial charge is 0.481 e. The number of hydrogen-bond donors (Lipinski definition) is 3. The van der Waals surface area contributed by atoms with E-state index in [0.717, 1.165) is 41.5 Å². The van der Waals surface area contributed by atoms with Gasteiger partial charge >= 0.3 is 12.1 Å². The first-order valence-electron chi connectivity index (χ1n) is 11.5. The maximum atomic E-state index is 12.9. The van der Waals surface area contributed by atoms with Gasteiger partial charge in [0.15, 0.2) is 0 Å². The molecule has 174 valence electrons. The monoisotopic (exact) mass is 450 g/mol. The molecule has 1 saturated carbocycles. The number of nitrogens with one attached hydrogen (secondary N) is 2. The predicted molar refractivity (Wildman–Crippen MR) is 124 cm³/mol. The van der Waals surface area contributed by atoms with Crippen LogP contribution >= 0.6 is 0 Å². The highest BCUT2D eigenvalue weighted by atomic mass is 16.5. The fraction of sp³-hybridized carbons (Fsp3) is 0.423. The lowest BCUT2D eigenvalue weighted by Gasteiger charge is -2.34. The quantitative estimate of drug-likeness (QED) is 0.565. The van der Waals surface area contributed by atoms with Crippen LogP contribution in [0.5, 0.6) is 0 Å². The molecule has 3 N–H and O–H groups in total. The third-order valence-electron chi connectivity index (χ3n) is 7.03. The van der Waals surface area contributed by atoms with Crippen molar-refractivity contribution in [2.75, 3.05) is 6.61 Å². The van der Waals surface area contributed by atoms with Crippen LogP contribution < -0.4 is 10.6 Å². The van der Waals surface area contributed by atoms with Crippen molar-refractivity contribution in [1.29, 1.82) is 0 Å². The van der Waals surface area contributed by atoms with Gasteiger partial charge in [-0.05, 0) is 54.9 Å². The van der Waals surface area contributed by atoms with E-state index in [1.54, 1.807) is 13.8 Å². The molecule has 7 heteroatoms. The molecule has 2 aliphatic carbocycles. The van der Waals surface area contributed by atoms with Crippen LogP contribution in [0, 0.1) is 11.8 Å². The molecule has 0 saturated heterocycles. The highest BCUT2D eigenvalue weighted by molar-refractivity contribution is 5.87. The van der Waals surface area contributed by atoms with Crippen molar-refractivity contribution in [2.24, 2.45) is 11.8 Å². The highest BCUT2D eigenvalue weighted by Crippen LogP contribution is 2.44. The van der Waals surface area contributed by atoms with Gasteiger partial charge in [0, 0.05) is 12.0 Å². The Balaban J connectivity index is 1.40. The van der Waals surface area contributed by atoms with Gasteiger partial charge in [-0.3, -0.25) is 9.59 Å². The molecule has 7 nitrogen and oxygen atoms in total. The Morgan fingerprint density at radius 3 is 2.06 bits per heavy atom. The number of benzene rings is 2. The Labute approximate surface area is 193 Å². The number of fused-ring (bicyclic) bond motifs is 3. The van der Waals surface area contributed by atoms with Crippen molar-refractivity contribution in [3.05, 3.63) is 59.7 Å².